The maximum Gasteiger partial charge on any atom is 0.222 e. The Hall–Kier alpha value is -1.44. The van der Waals surface area contributed by atoms with Gasteiger partial charge in [-0.15, -0.1) is 0 Å². The Labute approximate surface area is 241 Å². The van der Waals surface area contributed by atoms with E-state index in [-0.39, 0.29) is 17.7 Å². The fourth-order valence-electron chi connectivity index (χ4n) is 6.50. The SMILES string of the molecule is CCC(=O)N1CCC(CC(=O)N2CCC([C@H]3c4ncc(Br)cc4CCc4cc(Cl)cc(Br)c43)CC2)CC1. The fourth-order valence-corrected chi connectivity index (χ4v) is 8.00. The highest BCUT2D eigenvalue weighted by molar-refractivity contribution is 9.10. The van der Waals surface area contributed by atoms with Crippen LogP contribution in [-0.4, -0.2) is 52.8 Å². The monoisotopic (exact) mass is 649 g/mol. The Bertz CT molecular complexity index is 1170. The van der Waals surface area contributed by atoms with Gasteiger partial charge >= 0.3 is 0 Å². The summed E-state index contributed by atoms with van der Waals surface area (Å²) in [6.07, 6.45) is 8.76. The molecule has 5 rings (SSSR count). The van der Waals surface area contributed by atoms with Crippen LogP contribution in [0.5, 0.6) is 0 Å². The van der Waals surface area contributed by atoms with E-state index >= 15 is 0 Å². The molecule has 3 aliphatic rings. The van der Waals surface area contributed by atoms with Crippen LogP contribution in [-0.2, 0) is 22.4 Å². The summed E-state index contributed by atoms with van der Waals surface area (Å²) in [6.45, 7) is 5.07. The predicted molar refractivity (Wildman–Crippen MR) is 154 cm³/mol. The number of halogens is 3. The molecule has 3 heterocycles. The predicted octanol–water partition coefficient (Wildman–Crippen LogP) is 6.77. The van der Waals surface area contributed by atoms with Crippen LogP contribution in [0.4, 0.5) is 0 Å². The Balaban J connectivity index is 1.28. The van der Waals surface area contributed by atoms with Gasteiger partial charge in [-0.25, -0.2) is 0 Å². The fraction of sp³-hybridized carbons (Fsp3) is 0.552. The molecule has 2 amide bonds. The summed E-state index contributed by atoms with van der Waals surface area (Å²) in [4.78, 5) is 34.1. The van der Waals surface area contributed by atoms with Gasteiger partial charge in [0.2, 0.25) is 11.8 Å². The van der Waals surface area contributed by atoms with Gasteiger partial charge in [0.05, 0.1) is 5.69 Å². The maximum absolute atomic E-state index is 13.2. The lowest BCUT2D eigenvalue weighted by Gasteiger charge is -2.38. The standard InChI is InChI=1S/C29H34Br2ClN3O2/c1-2-25(36)34-9-5-18(6-10-34)13-26(37)35-11-7-19(8-12-35)28-27-20(15-23(32)16-24(27)31)3-4-21-14-22(30)17-33-29(21)28/h14-19,28H,2-13H2,1H3/t28-/m1/s1. The van der Waals surface area contributed by atoms with Gasteiger partial charge in [0.25, 0.3) is 0 Å². The Morgan fingerprint density at radius 3 is 2.30 bits per heavy atom. The lowest BCUT2D eigenvalue weighted by Crippen LogP contribution is -2.42. The van der Waals surface area contributed by atoms with E-state index in [4.69, 9.17) is 16.6 Å². The van der Waals surface area contributed by atoms with Gasteiger partial charge in [0.1, 0.15) is 0 Å². The van der Waals surface area contributed by atoms with E-state index in [1.807, 2.05) is 24.1 Å². The van der Waals surface area contributed by atoms with Crippen molar-refractivity contribution in [3.05, 3.63) is 60.7 Å². The Kier molecular flexibility index (Phi) is 8.62. The zero-order valence-electron chi connectivity index (χ0n) is 21.3. The molecule has 2 aliphatic heterocycles. The summed E-state index contributed by atoms with van der Waals surface area (Å²) in [7, 11) is 0. The van der Waals surface area contributed by atoms with E-state index < -0.39 is 0 Å². The summed E-state index contributed by atoms with van der Waals surface area (Å²) in [5.41, 5.74) is 5.08. The first kappa shape index (κ1) is 27.1. The second kappa shape index (κ2) is 11.7. The number of hydrogen-bond donors (Lipinski definition) is 0. The van der Waals surface area contributed by atoms with Crippen molar-refractivity contribution >= 4 is 55.3 Å². The number of likely N-dealkylation sites (tertiary alicyclic amines) is 2. The van der Waals surface area contributed by atoms with Crippen molar-refractivity contribution in [3.63, 3.8) is 0 Å². The number of carbonyl (C=O) groups is 2. The van der Waals surface area contributed by atoms with Crippen molar-refractivity contribution in [2.24, 2.45) is 11.8 Å². The van der Waals surface area contributed by atoms with Crippen LogP contribution < -0.4 is 0 Å². The van der Waals surface area contributed by atoms with Crippen LogP contribution >= 0.6 is 43.5 Å². The third-order valence-corrected chi connectivity index (χ3v) is 9.82. The first-order valence-electron chi connectivity index (χ1n) is 13.5. The molecule has 1 aromatic heterocycles. The molecule has 0 N–H and O–H groups in total. The van der Waals surface area contributed by atoms with Crippen LogP contribution in [0.25, 0.3) is 0 Å². The number of amides is 2. The van der Waals surface area contributed by atoms with Gasteiger partial charge in [-0.05, 0) is 101 Å². The van der Waals surface area contributed by atoms with Crippen molar-refractivity contribution in [3.8, 4) is 0 Å². The minimum Gasteiger partial charge on any atom is -0.343 e. The molecule has 8 heteroatoms. The van der Waals surface area contributed by atoms with E-state index in [1.54, 1.807) is 0 Å². The number of aromatic nitrogens is 1. The number of rotatable bonds is 4. The number of piperidine rings is 2. The average molecular weight is 652 g/mol. The number of carbonyl (C=O) groups excluding carboxylic acids is 2. The summed E-state index contributed by atoms with van der Waals surface area (Å²) in [6, 6.07) is 6.34. The smallest absolute Gasteiger partial charge is 0.222 e. The highest BCUT2D eigenvalue weighted by Crippen LogP contribution is 2.46. The summed E-state index contributed by atoms with van der Waals surface area (Å²) in [5, 5.41) is 0.759. The van der Waals surface area contributed by atoms with E-state index in [0.29, 0.717) is 24.7 Å². The van der Waals surface area contributed by atoms with Crippen LogP contribution in [0.15, 0.2) is 33.3 Å². The molecule has 1 aliphatic carbocycles. The number of hydrogen-bond acceptors (Lipinski definition) is 3. The lowest BCUT2D eigenvalue weighted by molar-refractivity contribution is -0.135. The molecule has 0 radical (unpaired) electrons. The van der Waals surface area contributed by atoms with Gasteiger partial charge in [0.15, 0.2) is 0 Å². The van der Waals surface area contributed by atoms with Crippen LogP contribution in [0.1, 0.15) is 73.8 Å². The molecular formula is C29H34Br2ClN3O2. The van der Waals surface area contributed by atoms with Crippen molar-refractivity contribution < 1.29 is 9.59 Å². The molecule has 2 aromatic rings. The molecular weight excluding hydrogens is 618 g/mol. The summed E-state index contributed by atoms with van der Waals surface area (Å²) in [5.74, 6) is 1.48. The Morgan fingerprint density at radius 1 is 0.946 bits per heavy atom. The van der Waals surface area contributed by atoms with Crippen LogP contribution in [0, 0.1) is 11.8 Å². The molecule has 37 heavy (non-hydrogen) atoms. The van der Waals surface area contributed by atoms with Crippen molar-refractivity contribution in [2.75, 3.05) is 26.2 Å². The zero-order valence-corrected chi connectivity index (χ0v) is 25.2. The van der Waals surface area contributed by atoms with Gasteiger partial charge in [-0.1, -0.05) is 34.5 Å². The van der Waals surface area contributed by atoms with Gasteiger partial charge in [0, 0.05) is 65.1 Å². The number of nitrogens with zero attached hydrogens (tertiary/aromatic N) is 3. The molecule has 2 saturated heterocycles. The number of aryl methyl sites for hydroxylation is 2. The second-order valence-electron chi connectivity index (χ2n) is 10.7. The summed E-state index contributed by atoms with van der Waals surface area (Å²) >= 11 is 13.9. The minimum atomic E-state index is 0.185. The molecule has 2 fully saturated rings. The van der Waals surface area contributed by atoms with Crippen molar-refractivity contribution in [2.45, 2.75) is 64.2 Å². The van der Waals surface area contributed by atoms with E-state index in [9.17, 15) is 9.59 Å². The normalized spacial score (nSPS) is 20.8. The Morgan fingerprint density at radius 2 is 1.59 bits per heavy atom. The van der Waals surface area contributed by atoms with E-state index in [1.165, 1.54) is 22.4 Å². The van der Waals surface area contributed by atoms with Crippen LogP contribution in [0.2, 0.25) is 5.02 Å². The molecule has 198 valence electrons. The largest absolute Gasteiger partial charge is 0.343 e. The third kappa shape index (κ3) is 5.94. The first-order chi connectivity index (χ1) is 17.8. The van der Waals surface area contributed by atoms with E-state index in [2.05, 4.69) is 48.9 Å². The topological polar surface area (TPSA) is 53.5 Å². The quantitative estimate of drug-likeness (QED) is 0.367. The van der Waals surface area contributed by atoms with Crippen molar-refractivity contribution in [1.29, 1.82) is 0 Å². The summed E-state index contributed by atoms with van der Waals surface area (Å²) < 4.78 is 2.07. The molecule has 1 atom stereocenters. The first-order valence-corrected chi connectivity index (χ1v) is 15.5. The molecule has 0 spiro atoms. The average Bonchev–Trinajstić information content (AvgIpc) is 3.05. The number of benzene rings is 1. The van der Waals surface area contributed by atoms with E-state index in [0.717, 1.165) is 78.7 Å². The molecule has 1 aromatic carbocycles. The third-order valence-electron chi connectivity index (χ3n) is 8.51. The van der Waals surface area contributed by atoms with Gasteiger partial charge in [-0.2, -0.15) is 0 Å². The van der Waals surface area contributed by atoms with Crippen LogP contribution in [0.3, 0.4) is 0 Å². The molecule has 5 nitrogen and oxygen atoms in total. The minimum absolute atomic E-state index is 0.185. The highest BCUT2D eigenvalue weighted by Gasteiger charge is 2.36. The number of fused-ring (bicyclic) bond motifs is 2. The van der Waals surface area contributed by atoms with Gasteiger partial charge < -0.3 is 9.80 Å². The molecule has 0 unspecified atom stereocenters. The molecule has 0 saturated carbocycles. The lowest BCUT2D eigenvalue weighted by atomic mass is 9.76. The second-order valence-corrected chi connectivity index (χ2v) is 12.9. The number of pyridine rings is 1. The molecule has 0 bridgehead atoms. The maximum atomic E-state index is 13.2. The zero-order chi connectivity index (χ0) is 26.1. The highest BCUT2D eigenvalue weighted by atomic mass is 79.9. The van der Waals surface area contributed by atoms with Crippen molar-refractivity contribution in [1.82, 2.24) is 14.8 Å². The van der Waals surface area contributed by atoms with Gasteiger partial charge in [-0.3, -0.25) is 14.6 Å².